The molecule has 2 heterocycles. The molecule has 1 atom stereocenters. The van der Waals surface area contributed by atoms with Gasteiger partial charge in [-0.25, -0.2) is 8.78 Å². The smallest absolute Gasteiger partial charge is 0.191 e. The fraction of sp³-hybridized carbons (Fsp3) is 0.444. The van der Waals surface area contributed by atoms with Crippen LogP contribution in [0, 0.1) is 11.6 Å². The number of nitrogens with zero attached hydrogens (tertiary/aromatic N) is 3. The number of hydrogen-bond acceptors (Lipinski definition) is 4. The second kappa shape index (κ2) is 9.86. The summed E-state index contributed by atoms with van der Waals surface area (Å²) in [5.74, 6) is 0.283. The van der Waals surface area contributed by atoms with E-state index in [-0.39, 0.29) is 30.0 Å². The summed E-state index contributed by atoms with van der Waals surface area (Å²) in [6.45, 7) is 3.81. The zero-order chi connectivity index (χ0) is 18.5. The van der Waals surface area contributed by atoms with E-state index >= 15 is 0 Å². The molecule has 1 aliphatic heterocycles. The number of aromatic nitrogens is 1. The lowest BCUT2D eigenvalue weighted by Gasteiger charge is -2.20. The number of nitrogens with one attached hydrogen (secondary N) is 2. The predicted octanol–water partition coefficient (Wildman–Crippen LogP) is 3.08. The molecule has 6 nitrogen and oxygen atoms in total. The van der Waals surface area contributed by atoms with E-state index in [4.69, 9.17) is 4.52 Å². The van der Waals surface area contributed by atoms with E-state index in [1.807, 2.05) is 17.9 Å². The molecular weight excluding hydrogens is 467 g/mol. The maximum atomic E-state index is 13.9. The molecule has 3 rings (SSSR count). The molecule has 1 saturated heterocycles. The number of halogens is 3. The first-order valence-corrected chi connectivity index (χ1v) is 8.70. The summed E-state index contributed by atoms with van der Waals surface area (Å²) < 4.78 is 32.3. The van der Waals surface area contributed by atoms with Gasteiger partial charge in [0.15, 0.2) is 11.7 Å². The van der Waals surface area contributed by atoms with Crippen molar-refractivity contribution in [3.05, 3.63) is 47.4 Å². The van der Waals surface area contributed by atoms with E-state index in [0.29, 0.717) is 31.3 Å². The van der Waals surface area contributed by atoms with Crippen molar-refractivity contribution in [3.63, 3.8) is 0 Å². The largest absolute Gasteiger partial charge is 0.367 e. The standard InChI is InChI=1S/C18H23F2N5O.HI/c1-3-13-9-15(26-24-13)10-22-18(21-2)23-14-6-7-25(11-14)17-5-4-12(19)8-16(17)20;/h4-5,8-9,14H,3,6-7,10-11H2,1-2H3,(H2,21,22,23);1H. The van der Waals surface area contributed by atoms with E-state index in [1.165, 1.54) is 12.1 Å². The number of hydrogen-bond donors (Lipinski definition) is 2. The molecule has 1 fully saturated rings. The molecule has 0 spiro atoms. The van der Waals surface area contributed by atoms with Crippen molar-refractivity contribution in [2.75, 3.05) is 25.0 Å². The van der Waals surface area contributed by atoms with Crippen molar-refractivity contribution in [2.45, 2.75) is 32.4 Å². The van der Waals surface area contributed by atoms with Gasteiger partial charge in [-0.2, -0.15) is 0 Å². The summed E-state index contributed by atoms with van der Waals surface area (Å²) in [4.78, 5) is 6.12. The van der Waals surface area contributed by atoms with Crippen molar-refractivity contribution in [1.82, 2.24) is 15.8 Å². The number of rotatable bonds is 5. The minimum absolute atomic E-state index is 0. The topological polar surface area (TPSA) is 65.7 Å². The zero-order valence-electron chi connectivity index (χ0n) is 15.3. The fourth-order valence-electron chi connectivity index (χ4n) is 3.00. The lowest BCUT2D eigenvalue weighted by Crippen LogP contribution is -2.44. The van der Waals surface area contributed by atoms with E-state index in [0.717, 1.165) is 30.4 Å². The van der Waals surface area contributed by atoms with Crippen molar-refractivity contribution in [2.24, 2.45) is 4.99 Å². The normalized spacial score (nSPS) is 17.0. The monoisotopic (exact) mass is 491 g/mol. The summed E-state index contributed by atoms with van der Waals surface area (Å²) in [6.07, 6.45) is 1.66. The maximum Gasteiger partial charge on any atom is 0.191 e. The number of anilines is 1. The van der Waals surface area contributed by atoms with Crippen molar-refractivity contribution in [1.29, 1.82) is 0 Å². The number of aryl methyl sites for hydroxylation is 1. The third kappa shape index (κ3) is 5.53. The lowest BCUT2D eigenvalue weighted by molar-refractivity contribution is 0.374. The molecule has 2 N–H and O–H groups in total. The van der Waals surface area contributed by atoms with Crippen molar-refractivity contribution >= 4 is 35.6 Å². The van der Waals surface area contributed by atoms with Crippen LogP contribution in [0.3, 0.4) is 0 Å². The van der Waals surface area contributed by atoms with Gasteiger partial charge in [-0.3, -0.25) is 4.99 Å². The van der Waals surface area contributed by atoms with E-state index < -0.39 is 11.6 Å². The zero-order valence-corrected chi connectivity index (χ0v) is 17.7. The quantitative estimate of drug-likeness (QED) is 0.383. The highest BCUT2D eigenvalue weighted by molar-refractivity contribution is 14.0. The summed E-state index contributed by atoms with van der Waals surface area (Å²) in [5, 5.41) is 10.5. The number of aliphatic imine (C=N–C) groups is 1. The minimum atomic E-state index is -0.566. The highest BCUT2D eigenvalue weighted by atomic mass is 127. The van der Waals surface area contributed by atoms with Crippen LogP contribution in [0.1, 0.15) is 24.8 Å². The van der Waals surface area contributed by atoms with Crippen LogP contribution < -0.4 is 15.5 Å². The molecule has 0 radical (unpaired) electrons. The SMILES string of the molecule is CCc1cc(CNC(=NC)NC2CCN(c3ccc(F)cc3F)C2)on1.I. The van der Waals surface area contributed by atoms with Crippen LogP contribution in [0.25, 0.3) is 0 Å². The Bertz CT molecular complexity index is 783. The van der Waals surface area contributed by atoms with Gasteiger partial charge in [0.25, 0.3) is 0 Å². The molecule has 9 heteroatoms. The van der Waals surface area contributed by atoms with Gasteiger partial charge in [-0.05, 0) is 25.0 Å². The highest BCUT2D eigenvalue weighted by Crippen LogP contribution is 2.24. The van der Waals surface area contributed by atoms with Gasteiger partial charge in [0, 0.05) is 38.3 Å². The summed E-state index contributed by atoms with van der Waals surface area (Å²) >= 11 is 0. The number of guanidine groups is 1. The van der Waals surface area contributed by atoms with Crippen LogP contribution in [-0.4, -0.2) is 37.3 Å². The van der Waals surface area contributed by atoms with Gasteiger partial charge < -0.3 is 20.1 Å². The van der Waals surface area contributed by atoms with Gasteiger partial charge in [0.2, 0.25) is 0 Å². The minimum Gasteiger partial charge on any atom is -0.367 e. The second-order valence-electron chi connectivity index (χ2n) is 6.24. The average Bonchev–Trinajstić information content (AvgIpc) is 3.27. The molecule has 1 aromatic carbocycles. The molecule has 2 aromatic rings. The molecule has 148 valence electrons. The van der Waals surface area contributed by atoms with Gasteiger partial charge >= 0.3 is 0 Å². The Morgan fingerprint density at radius 1 is 1.37 bits per heavy atom. The lowest BCUT2D eigenvalue weighted by atomic mass is 10.2. The van der Waals surface area contributed by atoms with Crippen LogP contribution in [-0.2, 0) is 13.0 Å². The van der Waals surface area contributed by atoms with E-state index in [9.17, 15) is 8.78 Å². The maximum absolute atomic E-state index is 13.9. The molecule has 0 aliphatic carbocycles. The molecule has 0 amide bonds. The molecule has 27 heavy (non-hydrogen) atoms. The van der Waals surface area contributed by atoms with Crippen LogP contribution in [0.2, 0.25) is 0 Å². The number of benzene rings is 1. The van der Waals surface area contributed by atoms with E-state index in [1.54, 1.807) is 7.05 Å². The Kier molecular flexibility index (Phi) is 7.81. The van der Waals surface area contributed by atoms with Crippen LogP contribution in [0.4, 0.5) is 14.5 Å². The first-order chi connectivity index (χ1) is 12.6. The Morgan fingerprint density at radius 3 is 2.85 bits per heavy atom. The molecular formula is C18H24F2IN5O. The molecule has 0 saturated carbocycles. The van der Waals surface area contributed by atoms with Crippen LogP contribution in [0.5, 0.6) is 0 Å². The Morgan fingerprint density at radius 2 is 2.19 bits per heavy atom. The first kappa shape index (κ1) is 21.4. The van der Waals surface area contributed by atoms with Gasteiger partial charge in [0.1, 0.15) is 11.6 Å². The van der Waals surface area contributed by atoms with Crippen LogP contribution in [0.15, 0.2) is 33.8 Å². The van der Waals surface area contributed by atoms with E-state index in [2.05, 4.69) is 20.8 Å². The fourth-order valence-corrected chi connectivity index (χ4v) is 3.00. The van der Waals surface area contributed by atoms with Gasteiger partial charge in [-0.15, -0.1) is 24.0 Å². The van der Waals surface area contributed by atoms with Crippen molar-refractivity contribution < 1.29 is 13.3 Å². The van der Waals surface area contributed by atoms with Gasteiger partial charge in [-0.1, -0.05) is 12.1 Å². The summed E-state index contributed by atoms with van der Waals surface area (Å²) in [5.41, 5.74) is 1.34. The molecule has 0 bridgehead atoms. The summed E-state index contributed by atoms with van der Waals surface area (Å²) in [7, 11) is 1.69. The Balaban J connectivity index is 0.00000261. The second-order valence-corrected chi connectivity index (χ2v) is 6.24. The molecule has 1 unspecified atom stereocenters. The molecule has 1 aromatic heterocycles. The van der Waals surface area contributed by atoms with Crippen molar-refractivity contribution in [3.8, 4) is 0 Å². The average molecular weight is 491 g/mol. The third-order valence-corrected chi connectivity index (χ3v) is 4.40. The highest BCUT2D eigenvalue weighted by Gasteiger charge is 2.25. The predicted molar refractivity (Wildman–Crippen MR) is 112 cm³/mol. The Hall–Kier alpha value is -1.91. The summed E-state index contributed by atoms with van der Waals surface area (Å²) in [6, 6.07) is 5.70. The first-order valence-electron chi connectivity index (χ1n) is 8.70. The van der Waals surface area contributed by atoms with Crippen LogP contribution >= 0.6 is 24.0 Å². The molecule has 1 aliphatic rings. The Labute approximate surface area is 174 Å². The van der Waals surface area contributed by atoms with Gasteiger partial charge in [0.05, 0.1) is 17.9 Å². The third-order valence-electron chi connectivity index (χ3n) is 4.40.